The van der Waals surface area contributed by atoms with E-state index in [2.05, 4.69) is 20.3 Å². The molecule has 0 unspecified atom stereocenters. The van der Waals surface area contributed by atoms with Gasteiger partial charge in [-0.25, -0.2) is 9.97 Å². The van der Waals surface area contributed by atoms with E-state index in [0.29, 0.717) is 11.7 Å². The summed E-state index contributed by atoms with van der Waals surface area (Å²) in [6.07, 6.45) is 1.18. The molecule has 7 nitrogen and oxygen atoms in total. The van der Waals surface area contributed by atoms with Gasteiger partial charge < -0.3 is 9.72 Å². The number of hydrogen-bond acceptors (Lipinski definition) is 6. The summed E-state index contributed by atoms with van der Waals surface area (Å²) in [6, 6.07) is 6.67. The lowest BCUT2D eigenvalue weighted by Crippen LogP contribution is -2.17. The zero-order valence-corrected chi connectivity index (χ0v) is 12.4. The second-order valence-electron chi connectivity index (χ2n) is 4.33. The van der Waals surface area contributed by atoms with Gasteiger partial charge in [0.2, 0.25) is 0 Å². The fourth-order valence-corrected chi connectivity index (χ4v) is 2.76. The number of fused-ring (bicyclic) bond motifs is 1. The normalized spacial score (nSPS) is 10.6. The number of aromatic nitrogens is 3. The Kier molecular flexibility index (Phi) is 3.84. The lowest BCUT2D eigenvalue weighted by atomic mass is 10.3. The van der Waals surface area contributed by atoms with Gasteiger partial charge in [-0.15, -0.1) is 0 Å². The third kappa shape index (κ3) is 2.96. The predicted molar refractivity (Wildman–Crippen MR) is 83.6 cm³/mol. The second-order valence-corrected chi connectivity index (χ2v) is 5.36. The molecule has 22 heavy (non-hydrogen) atoms. The zero-order chi connectivity index (χ0) is 15.5. The molecule has 1 aromatic carbocycles. The van der Waals surface area contributed by atoms with Gasteiger partial charge in [-0.05, 0) is 25.1 Å². The molecule has 0 spiro atoms. The first-order valence-electron chi connectivity index (χ1n) is 6.55. The highest BCUT2D eigenvalue weighted by molar-refractivity contribution is 7.22. The van der Waals surface area contributed by atoms with E-state index < -0.39 is 5.91 Å². The molecule has 0 bridgehead atoms. The van der Waals surface area contributed by atoms with Crippen LogP contribution in [0.1, 0.15) is 17.4 Å². The Hall–Kier alpha value is -2.74. The van der Waals surface area contributed by atoms with Gasteiger partial charge in [0.25, 0.3) is 11.5 Å². The number of hydrogen-bond donors (Lipinski definition) is 2. The Morgan fingerprint density at radius 2 is 2.27 bits per heavy atom. The highest BCUT2D eigenvalue weighted by Crippen LogP contribution is 2.29. The van der Waals surface area contributed by atoms with E-state index in [1.165, 1.54) is 17.7 Å². The Labute approximate surface area is 129 Å². The fourth-order valence-electron chi connectivity index (χ4n) is 1.87. The molecule has 3 rings (SSSR count). The number of nitrogens with one attached hydrogen (secondary N) is 2. The van der Waals surface area contributed by atoms with Crippen LogP contribution in [0.5, 0.6) is 5.75 Å². The number of H-pyrrole nitrogens is 1. The molecular formula is C14H12N4O3S. The van der Waals surface area contributed by atoms with Crippen LogP contribution in [0.4, 0.5) is 5.13 Å². The summed E-state index contributed by atoms with van der Waals surface area (Å²) in [5.41, 5.74) is 0.423. The Morgan fingerprint density at radius 3 is 3.05 bits per heavy atom. The molecule has 0 saturated heterocycles. The first-order chi connectivity index (χ1) is 10.7. The number of benzene rings is 1. The van der Waals surface area contributed by atoms with Crippen LogP contribution in [0, 0.1) is 0 Å². The monoisotopic (exact) mass is 316 g/mol. The van der Waals surface area contributed by atoms with E-state index in [-0.39, 0.29) is 11.3 Å². The van der Waals surface area contributed by atoms with Gasteiger partial charge in [-0.3, -0.25) is 14.9 Å². The number of thiazole rings is 1. The smallest absolute Gasteiger partial charge is 0.276 e. The van der Waals surface area contributed by atoms with Crippen molar-refractivity contribution in [3.63, 3.8) is 0 Å². The van der Waals surface area contributed by atoms with E-state index in [9.17, 15) is 9.59 Å². The summed E-state index contributed by atoms with van der Waals surface area (Å²) in [5, 5.41) is 3.08. The number of anilines is 1. The molecule has 0 radical (unpaired) electrons. The number of carbonyl (C=O) groups excluding carboxylic acids is 1. The van der Waals surface area contributed by atoms with Crippen molar-refractivity contribution in [3.05, 3.63) is 46.6 Å². The van der Waals surface area contributed by atoms with E-state index in [4.69, 9.17) is 4.74 Å². The van der Waals surface area contributed by atoms with Crippen molar-refractivity contribution < 1.29 is 9.53 Å². The van der Waals surface area contributed by atoms with E-state index >= 15 is 0 Å². The molecule has 0 aliphatic rings. The van der Waals surface area contributed by atoms with E-state index in [1.807, 2.05) is 25.1 Å². The third-order valence-electron chi connectivity index (χ3n) is 2.80. The SMILES string of the molecule is CCOc1ccc2nc(NC(=O)c3cc(=O)[nH]cn3)sc2c1. The van der Waals surface area contributed by atoms with Gasteiger partial charge in [-0.2, -0.15) is 0 Å². The lowest BCUT2D eigenvalue weighted by molar-refractivity contribution is 0.102. The summed E-state index contributed by atoms with van der Waals surface area (Å²) in [5.74, 6) is 0.281. The molecule has 2 heterocycles. The van der Waals surface area contributed by atoms with Crippen molar-refractivity contribution in [3.8, 4) is 5.75 Å². The zero-order valence-electron chi connectivity index (χ0n) is 11.6. The van der Waals surface area contributed by atoms with Crippen molar-refractivity contribution in [2.75, 3.05) is 11.9 Å². The summed E-state index contributed by atoms with van der Waals surface area (Å²) in [6.45, 7) is 2.50. The molecule has 3 aromatic rings. The molecule has 2 N–H and O–H groups in total. The summed E-state index contributed by atoms with van der Waals surface area (Å²) in [4.78, 5) is 33.7. The van der Waals surface area contributed by atoms with E-state index in [1.54, 1.807) is 0 Å². The van der Waals surface area contributed by atoms with Crippen LogP contribution in [-0.2, 0) is 0 Å². The topological polar surface area (TPSA) is 97.0 Å². The van der Waals surface area contributed by atoms with Crippen molar-refractivity contribution in [1.29, 1.82) is 0 Å². The van der Waals surface area contributed by atoms with Crippen molar-refractivity contribution in [1.82, 2.24) is 15.0 Å². The second kappa shape index (κ2) is 5.94. The summed E-state index contributed by atoms with van der Waals surface area (Å²) >= 11 is 1.33. The fraction of sp³-hybridized carbons (Fsp3) is 0.143. The standard InChI is InChI=1S/C14H12N4O3S/c1-2-21-8-3-4-9-11(5-8)22-14(17-9)18-13(20)10-6-12(19)16-7-15-10/h3-7H,2H2,1H3,(H,15,16,19)(H,17,18,20). The first kappa shape index (κ1) is 14.2. The maximum atomic E-state index is 12.0. The van der Waals surface area contributed by atoms with Crippen LogP contribution in [-0.4, -0.2) is 27.5 Å². The number of amides is 1. The van der Waals surface area contributed by atoms with Crippen LogP contribution in [0.25, 0.3) is 10.2 Å². The van der Waals surface area contributed by atoms with Crippen LogP contribution in [0.2, 0.25) is 0 Å². The number of ether oxygens (including phenoxy) is 1. The summed E-state index contributed by atoms with van der Waals surface area (Å²) < 4.78 is 6.33. The largest absolute Gasteiger partial charge is 0.494 e. The van der Waals surface area contributed by atoms with Crippen LogP contribution < -0.4 is 15.6 Å². The molecule has 0 aliphatic heterocycles. The van der Waals surface area contributed by atoms with Crippen LogP contribution in [0.3, 0.4) is 0 Å². The molecule has 0 fully saturated rings. The average molecular weight is 316 g/mol. The molecule has 1 amide bonds. The van der Waals surface area contributed by atoms with Crippen LogP contribution in [0.15, 0.2) is 35.4 Å². The maximum absolute atomic E-state index is 12.0. The molecular weight excluding hydrogens is 304 g/mol. The highest BCUT2D eigenvalue weighted by atomic mass is 32.1. The van der Waals surface area contributed by atoms with Gasteiger partial charge in [-0.1, -0.05) is 11.3 Å². The minimum Gasteiger partial charge on any atom is -0.494 e. The van der Waals surface area contributed by atoms with Crippen molar-refractivity contribution in [2.24, 2.45) is 0 Å². The molecule has 0 aliphatic carbocycles. The van der Waals surface area contributed by atoms with E-state index in [0.717, 1.165) is 22.0 Å². The molecule has 2 aromatic heterocycles. The molecule has 112 valence electrons. The highest BCUT2D eigenvalue weighted by Gasteiger charge is 2.12. The van der Waals surface area contributed by atoms with Gasteiger partial charge in [0, 0.05) is 6.07 Å². The molecule has 8 heteroatoms. The minimum atomic E-state index is -0.477. The predicted octanol–water partition coefficient (Wildman–Crippen LogP) is 2.03. The van der Waals surface area contributed by atoms with Gasteiger partial charge in [0.05, 0.1) is 23.2 Å². The van der Waals surface area contributed by atoms with Gasteiger partial charge >= 0.3 is 0 Å². The maximum Gasteiger partial charge on any atom is 0.276 e. The Balaban J connectivity index is 1.84. The number of nitrogens with zero attached hydrogens (tertiary/aromatic N) is 2. The lowest BCUT2D eigenvalue weighted by Gasteiger charge is -2.00. The van der Waals surface area contributed by atoms with Crippen molar-refractivity contribution >= 4 is 32.6 Å². The quantitative estimate of drug-likeness (QED) is 0.767. The molecule has 0 atom stereocenters. The van der Waals surface area contributed by atoms with Gasteiger partial charge in [0.15, 0.2) is 5.13 Å². The average Bonchev–Trinajstić information content (AvgIpc) is 2.89. The first-order valence-corrected chi connectivity index (χ1v) is 7.37. The van der Waals surface area contributed by atoms with Crippen LogP contribution >= 0.6 is 11.3 Å². The Morgan fingerprint density at radius 1 is 1.41 bits per heavy atom. The third-order valence-corrected chi connectivity index (χ3v) is 3.74. The number of aromatic amines is 1. The van der Waals surface area contributed by atoms with Gasteiger partial charge in [0.1, 0.15) is 11.4 Å². The summed E-state index contributed by atoms with van der Waals surface area (Å²) in [7, 11) is 0. The Bertz CT molecular complexity index is 887. The molecule has 0 saturated carbocycles. The number of rotatable bonds is 4. The van der Waals surface area contributed by atoms with Crippen molar-refractivity contribution in [2.45, 2.75) is 6.92 Å². The minimum absolute atomic E-state index is 0.0398. The number of carbonyl (C=O) groups is 1.